The van der Waals surface area contributed by atoms with Crippen LogP contribution in [0.15, 0.2) is 0 Å². The maximum atomic E-state index is 11.2. The average Bonchev–Trinajstić information content (AvgIpc) is 3.13. The summed E-state index contributed by atoms with van der Waals surface area (Å²) in [6, 6.07) is 0.399. The molecular weight excluding hydrogens is 216 g/mol. The molecule has 0 spiro atoms. The van der Waals surface area contributed by atoms with Crippen molar-refractivity contribution in [3.8, 4) is 0 Å². The predicted molar refractivity (Wildman–Crippen MR) is 71.7 cm³/mol. The molecule has 0 radical (unpaired) electrons. The van der Waals surface area contributed by atoms with E-state index in [2.05, 4.69) is 24.5 Å². The zero-order valence-electron chi connectivity index (χ0n) is 11.9. The lowest BCUT2D eigenvalue weighted by atomic mass is 10.1. The Bertz CT molecular complexity index is 192. The number of rotatable bonds is 5. The van der Waals surface area contributed by atoms with Gasteiger partial charge in [0.25, 0.3) is 0 Å². The van der Waals surface area contributed by atoms with Gasteiger partial charge in [-0.15, -0.1) is 0 Å². The fraction of sp³-hybridized carbons (Fsp3) is 0.846. The van der Waals surface area contributed by atoms with Crippen molar-refractivity contribution >= 4 is 12.3 Å². The number of nitrogens with one attached hydrogen (secondary N) is 2. The SMILES string of the molecule is CC.CC(CNC=O)C(=O)NC1CC1.CCC. The van der Waals surface area contributed by atoms with Crippen LogP contribution in [0, 0.1) is 5.92 Å². The molecule has 1 aliphatic carbocycles. The summed E-state index contributed by atoms with van der Waals surface area (Å²) in [7, 11) is 0. The van der Waals surface area contributed by atoms with E-state index >= 15 is 0 Å². The molecule has 2 N–H and O–H groups in total. The van der Waals surface area contributed by atoms with E-state index < -0.39 is 0 Å². The number of amides is 2. The summed E-state index contributed by atoms with van der Waals surface area (Å²) in [5, 5.41) is 5.35. The molecule has 102 valence electrons. The molecule has 1 fully saturated rings. The predicted octanol–water partition coefficient (Wildman–Crippen LogP) is 2.09. The highest BCUT2D eigenvalue weighted by atomic mass is 16.2. The summed E-state index contributed by atoms with van der Waals surface area (Å²) in [4.78, 5) is 21.2. The molecule has 1 aliphatic rings. The minimum Gasteiger partial charge on any atom is -0.358 e. The monoisotopic (exact) mass is 244 g/mol. The standard InChI is InChI=1S/C8H14N2O2.C3H8.C2H6/c1-6(4-9-5-11)8(12)10-7-2-3-7;1-3-2;1-2/h5-7H,2-4H2,1H3,(H,9,11)(H,10,12);3H2,1-2H3;1-2H3. The van der Waals surface area contributed by atoms with Gasteiger partial charge in [0.1, 0.15) is 0 Å². The van der Waals surface area contributed by atoms with Gasteiger partial charge in [-0.1, -0.05) is 41.0 Å². The molecule has 0 aliphatic heterocycles. The summed E-state index contributed by atoms with van der Waals surface area (Å²) in [6.45, 7) is 10.5. The van der Waals surface area contributed by atoms with Crippen molar-refractivity contribution < 1.29 is 9.59 Å². The van der Waals surface area contributed by atoms with Gasteiger partial charge in [0.15, 0.2) is 0 Å². The molecule has 4 nitrogen and oxygen atoms in total. The second kappa shape index (κ2) is 13.0. The Morgan fingerprint density at radius 3 is 2.18 bits per heavy atom. The van der Waals surface area contributed by atoms with Crippen LogP contribution in [-0.2, 0) is 9.59 Å². The summed E-state index contributed by atoms with van der Waals surface area (Å²) in [5.74, 6) is -0.0948. The summed E-state index contributed by atoms with van der Waals surface area (Å²) in [5.41, 5.74) is 0. The number of carbonyl (C=O) groups is 2. The fourth-order valence-corrected chi connectivity index (χ4v) is 0.889. The highest BCUT2D eigenvalue weighted by molar-refractivity contribution is 5.79. The van der Waals surface area contributed by atoms with Crippen LogP contribution >= 0.6 is 0 Å². The Kier molecular flexibility index (Phi) is 14.0. The van der Waals surface area contributed by atoms with Crippen LogP contribution in [0.1, 0.15) is 53.9 Å². The van der Waals surface area contributed by atoms with Crippen molar-refractivity contribution in [2.24, 2.45) is 5.92 Å². The van der Waals surface area contributed by atoms with Gasteiger partial charge in [-0.2, -0.15) is 0 Å². The third-order valence-electron chi connectivity index (χ3n) is 1.88. The first-order valence-electron chi connectivity index (χ1n) is 6.63. The van der Waals surface area contributed by atoms with Crippen LogP contribution in [0.4, 0.5) is 0 Å². The Hall–Kier alpha value is -1.06. The molecular formula is C13H28N2O2. The number of hydrogen-bond acceptors (Lipinski definition) is 2. The van der Waals surface area contributed by atoms with Gasteiger partial charge in [-0.05, 0) is 12.8 Å². The molecule has 0 heterocycles. The van der Waals surface area contributed by atoms with E-state index in [0.29, 0.717) is 19.0 Å². The van der Waals surface area contributed by atoms with Crippen molar-refractivity contribution in [2.75, 3.05) is 6.54 Å². The smallest absolute Gasteiger partial charge is 0.224 e. The molecule has 1 atom stereocenters. The molecule has 0 aromatic rings. The molecule has 2 amide bonds. The van der Waals surface area contributed by atoms with E-state index in [1.54, 1.807) is 6.92 Å². The number of carbonyl (C=O) groups excluding carboxylic acids is 2. The lowest BCUT2D eigenvalue weighted by Gasteiger charge is -2.10. The number of hydrogen-bond donors (Lipinski definition) is 2. The van der Waals surface area contributed by atoms with Crippen LogP contribution < -0.4 is 10.6 Å². The summed E-state index contributed by atoms with van der Waals surface area (Å²) in [6.07, 6.45) is 4.06. The highest BCUT2D eigenvalue weighted by Crippen LogP contribution is 2.18. The van der Waals surface area contributed by atoms with Gasteiger partial charge in [0.2, 0.25) is 12.3 Å². The van der Waals surface area contributed by atoms with E-state index in [-0.39, 0.29) is 11.8 Å². The van der Waals surface area contributed by atoms with Gasteiger partial charge in [-0.25, -0.2) is 0 Å². The molecule has 0 bridgehead atoms. The van der Waals surface area contributed by atoms with Crippen LogP contribution in [0.25, 0.3) is 0 Å². The van der Waals surface area contributed by atoms with Gasteiger partial charge < -0.3 is 10.6 Å². The van der Waals surface area contributed by atoms with E-state index in [9.17, 15) is 9.59 Å². The van der Waals surface area contributed by atoms with Crippen LogP contribution in [-0.4, -0.2) is 24.9 Å². The first-order valence-corrected chi connectivity index (χ1v) is 6.63. The zero-order chi connectivity index (χ0) is 13.7. The molecule has 0 aromatic carbocycles. The lowest BCUT2D eigenvalue weighted by molar-refractivity contribution is -0.124. The zero-order valence-corrected chi connectivity index (χ0v) is 11.9. The van der Waals surface area contributed by atoms with Crippen molar-refractivity contribution in [2.45, 2.75) is 59.9 Å². The first-order chi connectivity index (χ1) is 8.15. The van der Waals surface area contributed by atoms with Crippen LogP contribution in [0.3, 0.4) is 0 Å². The van der Waals surface area contributed by atoms with Crippen molar-refractivity contribution in [3.05, 3.63) is 0 Å². The molecule has 0 aromatic heterocycles. The van der Waals surface area contributed by atoms with E-state index in [4.69, 9.17) is 0 Å². The average molecular weight is 244 g/mol. The maximum Gasteiger partial charge on any atom is 0.224 e. The van der Waals surface area contributed by atoms with Gasteiger partial charge in [-0.3, -0.25) is 9.59 Å². The Morgan fingerprint density at radius 2 is 1.82 bits per heavy atom. The summed E-state index contributed by atoms with van der Waals surface area (Å²) >= 11 is 0. The Morgan fingerprint density at radius 1 is 1.35 bits per heavy atom. The molecule has 17 heavy (non-hydrogen) atoms. The van der Waals surface area contributed by atoms with E-state index in [1.165, 1.54) is 6.42 Å². The summed E-state index contributed by atoms with van der Waals surface area (Å²) < 4.78 is 0. The van der Waals surface area contributed by atoms with Gasteiger partial charge in [0.05, 0.1) is 5.92 Å². The van der Waals surface area contributed by atoms with Crippen molar-refractivity contribution in [1.29, 1.82) is 0 Å². The Balaban J connectivity index is 0. The largest absolute Gasteiger partial charge is 0.358 e. The first kappa shape index (κ1) is 18.3. The topological polar surface area (TPSA) is 58.2 Å². The third-order valence-corrected chi connectivity index (χ3v) is 1.88. The van der Waals surface area contributed by atoms with Crippen LogP contribution in [0.2, 0.25) is 0 Å². The molecule has 1 unspecified atom stereocenters. The fourth-order valence-electron chi connectivity index (χ4n) is 0.889. The molecule has 0 saturated heterocycles. The van der Waals surface area contributed by atoms with Gasteiger partial charge in [0, 0.05) is 12.6 Å². The quantitative estimate of drug-likeness (QED) is 0.728. The molecule has 1 rings (SSSR count). The minimum atomic E-state index is -0.129. The van der Waals surface area contributed by atoms with Crippen molar-refractivity contribution in [1.82, 2.24) is 10.6 Å². The highest BCUT2D eigenvalue weighted by Gasteiger charge is 2.25. The third kappa shape index (κ3) is 12.9. The van der Waals surface area contributed by atoms with E-state index in [1.807, 2.05) is 13.8 Å². The van der Waals surface area contributed by atoms with Gasteiger partial charge >= 0.3 is 0 Å². The lowest BCUT2D eigenvalue weighted by Crippen LogP contribution is -2.36. The van der Waals surface area contributed by atoms with Crippen molar-refractivity contribution in [3.63, 3.8) is 0 Å². The maximum absolute atomic E-state index is 11.2. The second-order valence-electron chi connectivity index (χ2n) is 3.92. The minimum absolute atomic E-state index is 0.0341. The molecule has 1 saturated carbocycles. The Labute approximate surface area is 106 Å². The second-order valence-corrected chi connectivity index (χ2v) is 3.92. The normalized spacial score (nSPS) is 14.2. The molecule has 4 heteroatoms. The van der Waals surface area contributed by atoms with Crippen LogP contribution in [0.5, 0.6) is 0 Å². The van der Waals surface area contributed by atoms with E-state index in [0.717, 1.165) is 12.8 Å².